The highest BCUT2D eigenvalue weighted by molar-refractivity contribution is 6.04. The molecule has 4 rings (SSSR count). The Morgan fingerprint density at radius 1 is 1.35 bits per heavy atom. The smallest absolute Gasteiger partial charge is 0.272 e. The third-order valence-corrected chi connectivity index (χ3v) is 3.56. The molecule has 0 aliphatic carbocycles. The van der Waals surface area contributed by atoms with E-state index >= 15 is 0 Å². The lowest BCUT2D eigenvalue weighted by molar-refractivity contribution is 0.0462. The summed E-state index contributed by atoms with van der Waals surface area (Å²) in [7, 11) is 2.02. The van der Waals surface area contributed by atoms with Gasteiger partial charge in [-0.1, -0.05) is 24.5 Å². The second-order valence-electron chi connectivity index (χ2n) is 5.02. The lowest BCUT2D eigenvalue weighted by Crippen LogP contribution is -2.55. The van der Waals surface area contributed by atoms with Crippen LogP contribution in [0.15, 0.2) is 24.2 Å². The van der Waals surface area contributed by atoms with E-state index < -0.39 is 91.1 Å². The molecule has 1 aromatic heterocycles. The molecule has 0 saturated carbocycles. The molecule has 3 heterocycles. The van der Waals surface area contributed by atoms with Crippen LogP contribution in [-0.2, 0) is 7.05 Å². The number of hydrogen-bond acceptors (Lipinski definition) is 3. The maximum Gasteiger partial charge on any atom is 0.272 e. The molecule has 5 nitrogen and oxygen atoms in total. The zero-order valence-electron chi connectivity index (χ0n) is 28.3. The van der Waals surface area contributed by atoms with Crippen LogP contribution < -0.4 is 5.32 Å². The van der Waals surface area contributed by atoms with Gasteiger partial charge in [0.05, 0.1) is 11.0 Å². The molecule has 2 aromatic rings. The van der Waals surface area contributed by atoms with Gasteiger partial charge in [0.2, 0.25) is 0 Å². The Labute approximate surface area is 159 Å². The number of aromatic nitrogens is 2. The van der Waals surface area contributed by atoms with Crippen molar-refractivity contribution in [2.24, 2.45) is 7.05 Å². The number of rotatable bonds is 2. The van der Waals surface area contributed by atoms with Crippen molar-refractivity contribution in [3.63, 3.8) is 0 Å². The van der Waals surface area contributed by atoms with Gasteiger partial charge in [-0.15, -0.1) is 0 Å². The van der Waals surface area contributed by atoms with Gasteiger partial charge in [0, 0.05) is 47.0 Å². The summed E-state index contributed by atoms with van der Waals surface area (Å²) in [5.74, 6) is -1.40. The Kier molecular flexibility index (Phi) is 1.30. The van der Waals surface area contributed by atoms with E-state index in [0.29, 0.717) is 0 Å². The minimum absolute atomic E-state index is 0.191. The van der Waals surface area contributed by atoms with Crippen LogP contribution in [0.1, 0.15) is 64.3 Å². The minimum Gasteiger partial charge on any atom is -0.348 e. The van der Waals surface area contributed by atoms with E-state index in [1.54, 1.807) is 0 Å². The Bertz CT molecular complexity index is 1380. The molecule has 1 aromatic carbocycles. The average molecular weight is 329 g/mol. The number of para-hydroxylation sites is 1. The summed E-state index contributed by atoms with van der Waals surface area (Å²) >= 11 is 0. The average Bonchev–Trinajstić information content (AvgIpc) is 3.17. The highest BCUT2D eigenvalue weighted by atomic mass is 16.2. The molecule has 2 saturated heterocycles. The zero-order valence-corrected chi connectivity index (χ0v) is 12.3. The van der Waals surface area contributed by atoms with E-state index in [-0.39, 0.29) is 10.4 Å². The number of carbonyl (C=O) groups excluding carboxylic acids is 1. The monoisotopic (exact) mass is 328 g/mol. The molecule has 1 N–H and O–H groups in total. The molecule has 2 atom stereocenters. The van der Waals surface area contributed by atoms with E-state index in [1.807, 2.05) is 5.32 Å². The molecule has 1 amide bonds. The third-order valence-electron chi connectivity index (χ3n) is 3.56. The predicted molar refractivity (Wildman–Crippen MR) is 90.4 cm³/mol. The number of hydrogen-bond donors (Lipinski definition) is 1. The molecule has 2 aliphatic rings. The molecule has 122 valence electrons. The lowest BCUT2D eigenvalue weighted by Gasteiger charge is -2.47. The second-order valence-corrected chi connectivity index (χ2v) is 5.02. The Morgan fingerprint density at radius 2 is 2.04 bits per heavy atom. The fraction of sp³-hybridized carbons (Fsp3) is 0.556. The van der Waals surface area contributed by atoms with E-state index in [9.17, 15) is 4.79 Å². The van der Waals surface area contributed by atoms with Crippen LogP contribution in [0.2, 0.25) is 0 Å². The standard InChI is InChI=1S/C18H24N4O/c1-21-13-6-5-7-14(21)11-12(10-13)19-18(23)17-15-8-3-4-9-16(15)22(2)20-17/h3-4,8-9,12-14H,5-7,10-11H2,1-2H3,(H,19,23)/t13-,14-/m1/s1/i3D,4D,5D2,6D2,7D2,8D,9D,10D2,11D2,13D,14D. The number of amides is 1. The van der Waals surface area contributed by atoms with Crippen LogP contribution in [0.25, 0.3) is 10.9 Å². The lowest BCUT2D eigenvalue weighted by atomic mass is 9.82. The molecule has 5 heteroatoms. The number of carbonyl (C=O) groups is 1. The molecule has 2 bridgehead atoms. The van der Waals surface area contributed by atoms with E-state index in [1.165, 1.54) is 7.05 Å². The van der Waals surface area contributed by atoms with Crippen molar-refractivity contribution in [3.05, 3.63) is 29.9 Å². The molecular weight excluding hydrogens is 288 g/mol. The Balaban J connectivity index is 1.97. The van der Waals surface area contributed by atoms with Gasteiger partial charge < -0.3 is 10.2 Å². The highest BCUT2D eigenvalue weighted by Crippen LogP contribution is 2.32. The number of nitrogens with zero attached hydrogens (tertiary/aromatic N) is 3. The number of fused-ring (bicyclic) bond motifs is 3. The van der Waals surface area contributed by atoms with Gasteiger partial charge in [0.25, 0.3) is 5.91 Å². The van der Waals surface area contributed by atoms with Gasteiger partial charge in [-0.3, -0.25) is 9.48 Å². The first kappa shape index (κ1) is 5.31. The first-order valence-electron chi connectivity index (χ1n) is 14.8. The highest BCUT2D eigenvalue weighted by Gasteiger charge is 2.36. The van der Waals surface area contributed by atoms with Crippen molar-refractivity contribution in [2.45, 2.75) is 49.9 Å². The van der Waals surface area contributed by atoms with Crippen molar-refractivity contribution in [2.75, 3.05) is 7.05 Å². The first-order valence-corrected chi connectivity index (χ1v) is 6.81. The molecular formula is C18H24N4O. The molecule has 0 radical (unpaired) electrons. The van der Waals surface area contributed by atoms with Crippen molar-refractivity contribution in [3.8, 4) is 0 Å². The van der Waals surface area contributed by atoms with Gasteiger partial charge in [0.1, 0.15) is 0 Å². The number of nitrogens with one attached hydrogen (secondary N) is 1. The normalized spacial score (nSPS) is 55.5. The SMILES string of the molecule is [2H]c1c([2H])c([2H])c2c(c(C(=O)NC3C([2H])([2H])[C@]4([2H])N(C)[C@@]([2H])(C3([2H])[2H])C([2H])([2H])C([2H])([2H])C4([2H])[2H])nn2C)c1[2H]. The van der Waals surface area contributed by atoms with Gasteiger partial charge in [0.15, 0.2) is 5.69 Å². The number of aryl methyl sites for hydroxylation is 1. The summed E-state index contributed by atoms with van der Waals surface area (Å²) in [6.07, 6.45) is -18.2. The molecule has 23 heavy (non-hydrogen) atoms. The fourth-order valence-corrected chi connectivity index (χ4v) is 2.41. The van der Waals surface area contributed by atoms with Crippen LogP contribution in [0.3, 0.4) is 0 Å². The van der Waals surface area contributed by atoms with Crippen molar-refractivity contribution >= 4 is 16.8 Å². The zero-order chi connectivity index (χ0) is 30.3. The number of piperidine rings is 2. The molecule has 2 aliphatic heterocycles. The minimum atomic E-state index is -3.74. The summed E-state index contributed by atoms with van der Waals surface area (Å²) in [5.41, 5.74) is -0.887. The third kappa shape index (κ3) is 2.53. The molecule has 0 unspecified atom stereocenters. The van der Waals surface area contributed by atoms with Gasteiger partial charge in [-0.25, -0.2) is 0 Å². The maximum atomic E-state index is 13.5. The second kappa shape index (κ2) is 5.64. The van der Waals surface area contributed by atoms with Crippen LogP contribution >= 0.6 is 0 Å². The summed E-state index contributed by atoms with van der Waals surface area (Å²) in [4.78, 5) is 13.7. The van der Waals surface area contributed by atoms with Crippen molar-refractivity contribution < 1.29 is 26.7 Å². The van der Waals surface area contributed by atoms with E-state index in [4.69, 9.17) is 21.9 Å². The van der Waals surface area contributed by atoms with Gasteiger partial charge >= 0.3 is 0 Å². The Hall–Kier alpha value is -1.88. The fourth-order valence-electron chi connectivity index (χ4n) is 2.41. The van der Waals surface area contributed by atoms with E-state index in [0.717, 1.165) is 11.7 Å². The Morgan fingerprint density at radius 3 is 2.78 bits per heavy atom. The predicted octanol–water partition coefficient (Wildman–Crippen LogP) is 2.32. The van der Waals surface area contributed by atoms with Crippen LogP contribution in [-0.4, -0.2) is 45.7 Å². The summed E-state index contributed by atoms with van der Waals surface area (Å²) in [6.45, 7) is 0. The quantitative estimate of drug-likeness (QED) is 0.920. The van der Waals surface area contributed by atoms with Crippen molar-refractivity contribution in [1.29, 1.82) is 0 Å². The van der Waals surface area contributed by atoms with Gasteiger partial charge in [-0.05, 0) is 38.6 Å². The molecule has 0 spiro atoms. The van der Waals surface area contributed by atoms with Crippen LogP contribution in [0.4, 0.5) is 0 Å². The topological polar surface area (TPSA) is 50.2 Å². The summed E-state index contributed by atoms with van der Waals surface area (Å²) < 4.78 is 135. The number of benzene rings is 1. The summed E-state index contributed by atoms with van der Waals surface area (Å²) in [5, 5.41) is 5.47. The molecule has 2 fully saturated rings. The maximum absolute atomic E-state index is 13.5. The largest absolute Gasteiger partial charge is 0.348 e. The summed E-state index contributed by atoms with van der Waals surface area (Å²) in [6, 6.07) is -12.1. The van der Waals surface area contributed by atoms with Crippen LogP contribution in [0, 0.1) is 0 Å². The first-order chi connectivity index (χ1) is 17.3. The van der Waals surface area contributed by atoms with E-state index in [2.05, 4.69) is 5.10 Å². The van der Waals surface area contributed by atoms with Gasteiger partial charge in [-0.2, -0.15) is 5.10 Å². The van der Waals surface area contributed by atoms with Crippen LogP contribution in [0.5, 0.6) is 0 Å². The van der Waals surface area contributed by atoms with Crippen molar-refractivity contribution in [1.82, 2.24) is 20.0 Å².